The maximum absolute atomic E-state index is 12.8. The average Bonchev–Trinajstić information content (AvgIpc) is 2.67. The Morgan fingerprint density at radius 1 is 0.967 bits per heavy atom. The maximum Gasteiger partial charge on any atom is 0.247 e. The van der Waals surface area contributed by atoms with E-state index in [0.29, 0.717) is 28.6 Å². The molecule has 0 aliphatic rings. The third kappa shape index (κ3) is 5.79. The Morgan fingerprint density at radius 2 is 1.57 bits per heavy atom. The Labute approximate surface area is 177 Å². The molecular weight excluding hydrogens is 408 g/mol. The van der Waals surface area contributed by atoms with Crippen LogP contribution in [0.4, 0.5) is 11.4 Å². The van der Waals surface area contributed by atoms with Crippen LogP contribution in [-0.2, 0) is 14.8 Å². The van der Waals surface area contributed by atoms with Crippen molar-refractivity contribution in [2.75, 3.05) is 30.1 Å². The van der Waals surface area contributed by atoms with E-state index in [4.69, 9.17) is 14.2 Å². The summed E-state index contributed by atoms with van der Waals surface area (Å²) >= 11 is 0. The molecule has 0 fully saturated rings. The van der Waals surface area contributed by atoms with Gasteiger partial charge in [0.25, 0.3) is 0 Å². The summed E-state index contributed by atoms with van der Waals surface area (Å²) in [6.07, 6.45) is 1.08. The van der Waals surface area contributed by atoms with Gasteiger partial charge in [0.1, 0.15) is 11.8 Å². The number of nitrogens with one attached hydrogen (secondary N) is 1. The Hall–Kier alpha value is -2.94. The molecule has 0 unspecified atom stereocenters. The summed E-state index contributed by atoms with van der Waals surface area (Å²) < 4.78 is 42.1. The number of rotatable bonds is 9. The number of nitrogens with zero attached hydrogens (tertiary/aromatic N) is 1. The molecule has 2 aromatic rings. The van der Waals surface area contributed by atoms with Gasteiger partial charge in [0.2, 0.25) is 15.9 Å². The summed E-state index contributed by atoms with van der Waals surface area (Å²) in [6.45, 7) is 5.36. The molecule has 0 bridgehead atoms. The predicted octanol–water partition coefficient (Wildman–Crippen LogP) is 3.28. The van der Waals surface area contributed by atoms with Crippen LogP contribution < -0.4 is 23.8 Å². The molecule has 0 aliphatic heterocycles. The highest BCUT2D eigenvalue weighted by Gasteiger charge is 2.30. The fourth-order valence-electron chi connectivity index (χ4n) is 2.91. The number of carbonyl (C=O) groups excluding carboxylic acids is 1. The van der Waals surface area contributed by atoms with Gasteiger partial charge in [0.05, 0.1) is 32.3 Å². The van der Waals surface area contributed by atoms with Crippen molar-refractivity contribution >= 4 is 27.3 Å². The highest BCUT2D eigenvalue weighted by molar-refractivity contribution is 7.92. The first kappa shape index (κ1) is 23.3. The number of hydrogen-bond acceptors (Lipinski definition) is 6. The Kier molecular flexibility index (Phi) is 7.55. The van der Waals surface area contributed by atoms with Crippen LogP contribution in [0.5, 0.6) is 17.2 Å². The fraction of sp³-hybridized carbons (Fsp3) is 0.381. The SMILES string of the molecule is COc1ccc(N([C@@H](C)C(=O)Nc2ccc(OC(C)C)cc2)S(C)(=O)=O)cc1OC. The molecular formula is C21H28N2O6S. The molecule has 1 N–H and O–H groups in total. The third-order valence-electron chi connectivity index (χ3n) is 4.20. The number of amides is 1. The van der Waals surface area contributed by atoms with Gasteiger partial charge < -0.3 is 19.5 Å². The van der Waals surface area contributed by atoms with E-state index in [1.807, 2.05) is 13.8 Å². The fourth-order valence-corrected chi connectivity index (χ4v) is 4.07. The van der Waals surface area contributed by atoms with Gasteiger partial charge in [-0.1, -0.05) is 0 Å². The Balaban J connectivity index is 2.27. The Morgan fingerprint density at radius 3 is 2.07 bits per heavy atom. The van der Waals surface area contributed by atoms with Crippen molar-refractivity contribution in [3.8, 4) is 17.2 Å². The second-order valence-electron chi connectivity index (χ2n) is 6.95. The molecule has 1 atom stereocenters. The van der Waals surface area contributed by atoms with Crippen molar-refractivity contribution in [3.63, 3.8) is 0 Å². The van der Waals surface area contributed by atoms with Crippen molar-refractivity contribution < 1.29 is 27.4 Å². The van der Waals surface area contributed by atoms with Crippen LogP contribution >= 0.6 is 0 Å². The highest BCUT2D eigenvalue weighted by Crippen LogP contribution is 2.33. The molecule has 1 amide bonds. The minimum atomic E-state index is -3.76. The van der Waals surface area contributed by atoms with Gasteiger partial charge in [-0.25, -0.2) is 8.42 Å². The normalized spacial score (nSPS) is 12.2. The standard InChI is InChI=1S/C21H28N2O6S/c1-14(2)29-18-10-7-16(8-11-18)22-21(24)15(3)23(30(6,25)26)17-9-12-19(27-4)20(13-17)28-5/h7-15H,1-6H3,(H,22,24)/t15-/m0/s1. The van der Waals surface area contributed by atoms with Gasteiger partial charge in [-0.2, -0.15) is 0 Å². The van der Waals surface area contributed by atoms with Gasteiger partial charge in [-0.3, -0.25) is 9.10 Å². The van der Waals surface area contributed by atoms with Gasteiger partial charge in [0, 0.05) is 11.8 Å². The largest absolute Gasteiger partial charge is 0.493 e. The molecule has 0 saturated heterocycles. The van der Waals surface area contributed by atoms with Crippen LogP contribution in [0.15, 0.2) is 42.5 Å². The first-order valence-electron chi connectivity index (χ1n) is 9.35. The molecule has 2 rings (SSSR count). The van der Waals surface area contributed by atoms with E-state index in [0.717, 1.165) is 10.6 Å². The monoisotopic (exact) mass is 436 g/mol. The van der Waals surface area contributed by atoms with Crippen molar-refractivity contribution in [2.24, 2.45) is 0 Å². The molecule has 30 heavy (non-hydrogen) atoms. The zero-order valence-electron chi connectivity index (χ0n) is 18.0. The number of benzene rings is 2. The molecule has 0 aliphatic carbocycles. The van der Waals surface area contributed by atoms with Crippen LogP contribution in [0.1, 0.15) is 20.8 Å². The summed E-state index contributed by atoms with van der Waals surface area (Å²) in [6, 6.07) is 10.5. The minimum absolute atomic E-state index is 0.0373. The Bertz CT molecular complexity index is 973. The minimum Gasteiger partial charge on any atom is -0.493 e. The number of methoxy groups -OCH3 is 2. The van der Waals surface area contributed by atoms with Crippen molar-refractivity contribution in [2.45, 2.75) is 32.9 Å². The summed E-state index contributed by atoms with van der Waals surface area (Å²) in [5, 5.41) is 2.74. The van der Waals surface area contributed by atoms with E-state index in [1.54, 1.807) is 36.4 Å². The van der Waals surface area contributed by atoms with Gasteiger partial charge in [-0.15, -0.1) is 0 Å². The summed E-state index contributed by atoms with van der Waals surface area (Å²) in [5.74, 6) is 1.01. The average molecular weight is 437 g/mol. The first-order valence-corrected chi connectivity index (χ1v) is 11.2. The van der Waals surface area contributed by atoms with E-state index in [-0.39, 0.29) is 6.10 Å². The number of sulfonamides is 1. The lowest BCUT2D eigenvalue weighted by Gasteiger charge is -2.28. The predicted molar refractivity (Wildman–Crippen MR) is 117 cm³/mol. The molecule has 0 heterocycles. The second-order valence-corrected chi connectivity index (χ2v) is 8.81. The van der Waals surface area contributed by atoms with E-state index >= 15 is 0 Å². The molecule has 8 nitrogen and oxygen atoms in total. The molecule has 0 aromatic heterocycles. The first-order chi connectivity index (χ1) is 14.1. The lowest BCUT2D eigenvalue weighted by Crippen LogP contribution is -2.45. The zero-order chi connectivity index (χ0) is 22.5. The third-order valence-corrected chi connectivity index (χ3v) is 5.45. The van der Waals surface area contributed by atoms with Crippen LogP contribution in [-0.4, -0.2) is 46.9 Å². The van der Waals surface area contributed by atoms with Crippen molar-refractivity contribution in [3.05, 3.63) is 42.5 Å². The molecule has 0 spiro atoms. The molecule has 2 aromatic carbocycles. The molecule has 0 saturated carbocycles. The van der Waals surface area contributed by atoms with E-state index in [2.05, 4.69) is 5.32 Å². The van der Waals surface area contributed by atoms with Gasteiger partial charge in [-0.05, 0) is 57.2 Å². The van der Waals surface area contributed by atoms with Gasteiger partial charge in [0.15, 0.2) is 11.5 Å². The van der Waals surface area contributed by atoms with Crippen molar-refractivity contribution in [1.29, 1.82) is 0 Å². The van der Waals surface area contributed by atoms with Gasteiger partial charge >= 0.3 is 0 Å². The number of carbonyl (C=O) groups is 1. The number of ether oxygens (including phenoxy) is 3. The van der Waals surface area contributed by atoms with Crippen molar-refractivity contribution in [1.82, 2.24) is 0 Å². The topological polar surface area (TPSA) is 94.2 Å². The van der Waals surface area contributed by atoms with Crippen LogP contribution in [0.3, 0.4) is 0 Å². The number of hydrogen-bond donors (Lipinski definition) is 1. The zero-order valence-corrected chi connectivity index (χ0v) is 18.8. The molecule has 9 heteroatoms. The van der Waals surface area contributed by atoms with E-state index in [1.165, 1.54) is 27.2 Å². The highest BCUT2D eigenvalue weighted by atomic mass is 32.2. The van der Waals surface area contributed by atoms with Crippen LogP contribution in [0.25, 0.3) is 0 Å². The lowest BCUT2D eigenvalue weighted by atomic mass is 10.2. The van der Waals surface area contributed by atoms with Crippen LogP contribution in [0.2, 0.25) is 0 Å². The van der Waals surface area contributed by atoms with E-state index < -0.39 is 22.0 Å². The summed E-state index contributed by atoms with van der Waals surface area (Å²) in [4.78, 5) is 12.8. The summed E-state index contributed by atoms with van der Waals surface area (Å²) in [7, 11) is -0.824. The number of anilines is 2. The molecule has 0 radical (unpaired) electrons. The smallest absolute Gasteiger partial charge is 0.247 e. The summed E-state index contributed by atoms with van der Waals surface area (Å²) in [5.41, 5.74) is 0.821. The second kappa shape index (κ2) is 9.71. The van der Waals surface area contributed by atoms with E-state index in [9.17, 15) is 13.2 Å². The molecule has 164 valence electrons. The van der Waals surface area contributed by atoms with Crippen LogP contribution in [0, 0.1) is 0 Å². The lowest BCUT2D eigenvalue weighted by molar-refractivity contribution is -0.116. The quantitative estimate of drug-likeness (QED) is 0.648. The maximum atomic E-state index is 12.8.